The van der Waals surface area contributed by atoms with Crippen LogP contribution in [0, 0.1) is 5.82 Å². The number of ether oxygens (including phenoxy) is 1. The number of hydrogen-bond acceptors (Lipinski definition) is 1. The summed E-state index contributed by atoms with van der Waals surface area (Å²) in [5.41, 5.74) is 0. The van der Waals surface area contributed by atoms with Gasteiger partial charge in [0.25, 0.3) is 0 Å². The van der Waals surface area contributed by atoms with E-state index in [4.69, 9.17) is 0 Å². The lowest BCUT2D eigenvalue weighted by molar-refractivity contribution is 0.183. The smallest absolute Gasteiger partial charge is 0.228 e. The first-order chi connectivity index (χ1) is 5.66. The minimum atomic E-state index is -1.05. The highest BCUT2D eigenvalue weighted by Crippen LogP contribution is 2.32. The molecule has 0 saturated heterocycles. The average molecular weight is 302 g/mol. The van der Waals surface area contributed by atoms with Gasteiger partial charge in [0.15, 0.2) is 11.6 Å². The van der Waals surface area contributed by atoms with E-state index in [1.165, 1.54) is 6.07 Å². The maximum Gasteiger partial charge on any atom is 0.228 e. The molecule has 0 aliphatic rings. The Kier molecular flexibility index (Phi) is 3.46. The minimum Gasteiger partial charge on any atom is -0.459 e. The predicted octanol–water partition coefficient (Wildman–Crippen LogP) is 3.66. The Morgan fingerprint density at radius 3 is 2.42 bits per heavy atom. The number of benzene rings is 1. The Hall–Kier alpha value is -0.160. The summed E-state index contributed by atoms with van der Waals surface area (Å²) in [6.45, 7) is -1.05. The van der Waals surface area contributed by atoms with Crippen LogP contribution in [0.4, 0.5) is 8.78 Å². The van der Waals surface area contributed by atoms with Gasteiger partial charge in [-0.2, -0.15) is 0 Å². The summed E-state index contributed by atoms with van der Waals surface area (Å²) >= 11 is 5.98. The summed E-state index contributed by atoms with van der Waals surface area (Å²) in [6.07, 6.45) is 0. The van der Waals surface area contributed by atoms with Crippen molar-refractivity contribution in [3.63, 3.8) is 0 Å². The number of rotatable bonds is 2. The monoisotopic (exact) mass is 300 g/mol. The maximum atomic E-state index is 13.1. The van der Waals surface area contributed by atoms with Crippen molar-refractivity contribution < 1.29 is 13.5 Å². The molecule has 5 heteroatoms. The van der Waals surface area contributed by atoms with Crippen molar-refractivity contribution in [3.05, 3.63) is 26.9 Å². The number of halogens is 4. The Labute approximate surface area is 85.0 Å². The number of alkyl halides is 1. The molecule has 0 N–H and O–H groups in total. The van der Waals surface area contributed by atoms with Crippen LogP contribution in [0.25, 0.3) is 0 Å². The normalized spacial score (nSPS) is 10.0. The highest BCUT2D eigenvalue weighted by atomic mass is 79.9. The third kappa shape index (κ3) is 1.95. The van der Waals surface area contributed by atoms with Gasteiger partial charge in [-0.15, -0.1) is 0 Å². The first-order valence-corrected chi connectivity index (χ1v) is 4.57. The Morgan fingerprint density at radius 2 is 1.83 bits per heavy atom. The molecule has 12 heavy (non-hydrogen) atoms. The van der Waals surface area contributed by atoms with Crippen molar-refractivity contribution >= 4 is 31.9 Å². The lowest BCUT2D eigenvalue weighted by Crippen LogP contribution is -1.95. The van der Waals surface area contributed by atoms with E-state index in [2.05, 4.69) is 36.6 Å². The van der Waals surface area contributed by atoms with Crippen molar-refractivity contribution in [3.8, 4) is 5.75 Å². The molecule has 0 radical (unpaired) electrons. The fourth-order valence-corrected chi connectivity index (χ4v) is 1.43. The highest BCUT2D eigenvalue weighted by Gasteiger charge is 2.11. The van der Waals surface area contributed by atoms with Gasteiger partial charge in [0, 0.05) is 0 Å². The zero-order valence-electron chi connectivity index (χ0n) is 5.78. The van der Waals surface area contributed by atoms with Gasteiger partial charge in [-0.1, -0.05) is 0 Å². The molecule has 1 rings (SSSR count). The third-order valence-electron chi connectivity index (χ3n) is 1.20. The Morgan fingerprint density at radius 1 is 1.25 bits per heavy atom. The average Bonchev–Trinajstić information content (AvgIpc) is 2.06. The molecule has 1 nitrogen and oxygen atoms in total. The second-order valence-corrected chi connectivity index (χ2v) is 3.63. The molecule has 0 unspecified atom stereocenters. The fourth-order valence-electron chi connectivity index (χ4n) is 0.695. The van der Waals surface area contributed by atoms with Crippen LogP contribution in [0.2, 0.25) is 0 Å². The van der Waals surface area contributed by atoms with E-state index >= 15 is 0 Å². The van der Waals surface area contributed by atoms with Gasteiger partial charge in [-0.25, -0.2) is 8.78 Å². The third-order valence-corrected chi connectivity index (χ3v) is 2.44. The second-order valence-electron chi connectivity index (χ2n) is 1.93. The maximum absolute atomic E-state index is 13.1. The van der Waals surface area contributed by atoms with Crippen LogP contribution in [0.5, 0.6) is 5.75 Å². The molecule has 0 bridgehead atoms. The van der Waals surface area contributed by atoms with Gasteiger partial charge >= 0.3 is 0 Å². The van der Waals surface area contributed by atoms with Gasteiger partial charge in [-0.3, -0.25) is 0 Å². The molecule has 0 saturated carbocycles. The zero-order chi connectivity index (χ0) is 9.14. The molecule has 0 atom stereocenters. The van der Waals surface area contributed by atoms with Crippen molar-refractivity contribution in [2.45, 2.75) is 0 Å². The molecule has 1 aromatic rings. The van der Waals surface area contributed by atoms with Gasteiger partial charge in [0.1, 0.15) is 0 Å². The van der Waals surface area contributed by atoms with Crippen molar-refractivity contribution in [1.29, 1.82) is 0 Å². The van der Waals surface area contributed by atoms with Crippen LogP contribution in [-0.2, 0) is 0 Å². The Bertz CT molecular complexity index is 291. The summed E-state index contributed by atoms with van der Waals surface area (Å²) in [5.74, 6) is -0.728. The van der Waals surface area contributed by atoms with E-state index in [0.29, 0.717) is 4.47 Å². The molecule has 0 aliphatic heterocycles. The highest BCUT2D eigenvalue weighted by molar-refractivity contribution is 9.11. The predicted molar refractivity (Wildman–Crippen MR) is 48.4 cm³/mol. The van der Waals surface area contributed by atoms with Crippen molar-refractivity contribution in [1.82, 2.24) is 0 Å². The van der Waals surface area contributed by atoms with Crippen molar-refractivity contribution in [2.75, 3.05) is 6.86 Å². The van der Waals surface area contributed by atoms with Crippen LogP contribution in [0.3, 0.4) is 0 Å². The molecule has 66 valence electrons. The van der Waals surface area contributed by atoms with Crippen LogP contribution < -0.4 is 4.74 Å². The Balaban J connectivity index is 3.14. The standard InChI is InChI=1S/C7H4Br2F2O/c8-4-1-2-5(9)7(6(4)11)12-3-10/h1-2H,3H2. The molecular formula is C7H4Br2F2O. The molecule has 0 fully saturated rings. The molecule has 1 aromatic carbocycles. The summed E-state index contributed by atoms with van der Waals surface area (Å²) in [6, 6.07) is 3.07. The van der Waals surface area contributed by atoms with Crippen LogP contribution in [0.1, 0.15) is 0 Å². The van der Waals surface area contributed by atoms with Gasteiger partial charge in [0.05, 0.1) is 8.95 Å². The SMILES string of the molecule is FCOc1c(Br)ccc(Br)c1F. The van der Waals surface area contributed by atoms with E-state index in [-0.39, 0.29) is 10.2 Å². The van der Waals surface area contributed by atoms with E-state index < -0.39 is 12.7 Å². The van der Waals surface area contributed by atoms with Crippen LogP contribution in [-0.4, -0.2) is 6.86 Å². The van der Waals surface area contributed by atoms with E-state index in [1.807, 2.05) is 0 Å². The lowest BCUT2D eigenvalue weighted by atomic mass is 10.3. The lowest BCUT2D eigenvalue weighted by Gasteiger charge is -2.05. The minimum absolute atomic E-state index is 0.119. The summed E-state index contributed by atoms with van der Waals surface area (Å²) in [4.78, 5) is 0. The second kappa shape index (κ2) is 4.18. The summed E-state index contributed by atoms with van der Waals surface area (Å²) in [7, 11) is 0. The van der Waals surface area contributed by atoms with Crippen molar-refractivity contribution in [2.24, 2.45) is 0 Å². The summed E-state index contributed by atoms with van der Waals surface area (Å²) < 4.78 is 29.9. The van der Waals surface area contributed by atoms with Gasteiger partial charge in [0.2, 0.25) is 6.86 Å². The van der Waals surface area contributed by atoms with E-state index in [0.717, 1.165) is 0 Å². The largest absolute Gasteiger partial charge is 0.459 e. The first-order valence-electron chi connectivity index (χ1n) is 2.99. The van der Waals surface area contributed by atoms with E-state index in [1.54, 1.807) is 6.07 Å². The van der Waals surface area contributed by atoms with Crippen LogP contribution >= 0.6 is 31.9 Å². The summed E-state index contributed by atoms with van der Waals surface area (Å²) in [5, 5.41) is 0. The van der Waals surface area contributed by atoms with E-state index in [9.17, 15) is 8.78 Å². The molecule has 0 aromatic heterocycles. The fraction of sp³-hybridized carbons (Fsp3) is 0.143. The molecule has 0 amide bonds. The quantitative estimate of drug-likeness (QED) is 0.758. The van der Waals surface area contributed by atoms with Gasteiger partial charge < -0.3 is 4.74 Å². The topological polar surface area (TPSA) is 9.23 Å². The van der Waals surface area contributed by atoms with Gasteiger partial charge in [-0.05, 0) is 44.0 Å². The molecule has 0 heterocycles. The molecule has 0 aliphatic carbocycles. The van der Waals surface area contributed by atoms with Crippen LogP contribution in [0.15, 0.2) is 21.1 Å². The molecule has 0 spiro atoms. The first kappa shape index (κ1) is 9.92. The zero-order valence-corrected chi connectivity index (χ0v) is 8.95. The number of hydrogen-bond donors (Lipinski definition) is 0. The molecular weight excluding hydrogens is 298 g/mol.